The number of nitrogens with one attached hydrogen (secondary N) is 1. The van der Waals surface area contributed by atoms with Crippen molar-refractivity contribution in [1.82, 2.24) is 5.32 Å². The second kappa shape index (κ2) is 10.3. The van der Waals surface area contributed by atoms with Gasteiger partial charge in [0.1, 0.15) is 0 Å². The molecule has 0 saturated carbocycles. The highest BCUT2D eigenvalue weighted by molar-refractivity contribution is 5.18. The van der Waals surface area contributed by atoms with Crippen LogP contribution in [0.25, 0.3) is 0 Å². The van der Waals surface area contributed by atoms with Crippen molar-refractivity contribution in [2.24, 2.45) is 5.92 Å². The molecule has 3 heteroatoms. The van der Waals surface area contributed by atoms with E-state index in [1.165, 1.54) is 5.56 Å². The van der Waals surface area contributed by atoms with Gasteiger partial charge in [-0.15, -0.1) is 0 Å². The largest absolute Gasteiger partial charge is 0.394 e. The van der Waals surface area contributed by atoms with Gasteiger partial charge in [0, 0.05) is 12.1 Å². The number of aliphatic hydroxyl groups is 1. The zero-order valence-corrected chi connectivity index (χ0v) is 15.6. The molecular formula is C22H31NO2. The molecule has 0 spiro atoms. The van der Waals surface area contributed by atoms with Gasteiger partial charge in [-0.2, -0.15) is 0 Å². The summed E-state index contributed by atoms with van der Waals surface area (Å²) in [6.07, 6.45) is 0.728. The molecule has 2 aromatic carbocycles. The smallest absolute Gasteiger partial charge is 0.0963 e. The minimum atomic E-state index is -0.228. The summed E-state index contributed by atoms with van der Waals surface area (Å²) in [5, 5.41) is 13.6. The molecule has 0 saturated heterocycles. The molecule has 2 N–H and O–H groups in total. The van der Waals surface area contributed by atoms with E-state index in [2.05, 4.69) is 50.4 Å². The molecule has 0 aliphatic carbocycles. The van der Waals surface area contributed by atoms with E-state index in [4.69, 9.17) is 4.74 Å². The molecule has 0 unspecified atom stereocenters. The Balaban J connectivity index is 2.02. The maximum absolute atomic E-state index is 9.91. The van der Waals surface area contributed by atoms with Crippen molar-refractivity contribution >= 4 is 0 Å². The van der Waals surface area contributed by atoms with Crippen LogP contribution in [0.5, 0.6) is 0 Å². The first-order valence-corrected chi connectivity index (χ1v) is 9.17. The Morgan fingerprint density at radius 2 is 1.52 bits per heavy atom. The average molecular weight is 341 g/mol. The van der Waals surface area contributed by atoms with E-state index in [0.29, 0.717) is 12.5 Å². The number of benzene rings is 2. The van der Waals surface area contributed by atoms with Crippen LogP contribution < -0.4 is 5.32 Å². The first-order valence-electron chi connectivity index (χ1n) is 9.17. The summed E-state index contributed by atoms with van der Waals surface area (Å²) >= 11 is 0. The van der Waals surface area contributed by atoms with E-state index < -0.39 is 0 Å². The van der Waals surface area contributed by atoms with Gasteiger partial charge in [0.05, 0.1) is 19.3 Å². The summed E-state index contributed by atoms with van der Waals surface area (Å²) in [5.74, 6) is 0.523. The van der Waals surface area contributed by atoms with E-state index in [0.717, 1.165) is 12.0 Å². The van der Waals surface area contributed by atoms with Crippen molar-refractivity contribution in [2.45, 2.75) is 52.0 Å². The van der Waals surface area contributed by atoms with E-state index in [-0.39, 0.29) is 24.8 Å². The van der Waals surface area contributed by atoms with Gasteiger partial charge < -0.3 is 15.2 Å². The fourth-order valence-electron chi connectivity index (χ4n) is 3.07. The highest BCUT2D eigenvalue weighted by Crippen LogP contribution is 2.19. The SMILES string of the molecule is CC(C)C[C@H](N[C@H](C)c1ccccc1)[C@H](CO)OCc1ccccc1. The summed E-state index contributed by atoms with van der Waals surface area (Å²) in [6.45, 7) is 7.09. The predicted molar refractivity (Wildman–Crippen MR) is 103 cm³/mol. The van der Waals surface area contributed by atoms with E-state index >= 15 is 0 Å². The van der Waals surface area contributed by atoms with Crippen molar-refractivity contribution in [3.63, 3.8) is 0 Å². The second-order valence-corrected chi connectivity index (χ2v) is 7.05. The number of hydrogen-bond donors (Lipinski definition) is 2. The van der Waals surface area contributed by atoms with Crippen molar-refractivity contribution in [2.75, 3.05) is 6.61 Å². The lowest BCUT2D eigenvalue weighted by Crippen LogP contribution is -2.45. The topological polar surface area (TPSA) is 41.5 Å². The Labute approximate surface area is 152 Å². The van der Waals surface area contributed by atoms with Crippen molar-refractivity contribution in [3.05, 3.63) is 71.8 Å². The van der Waals surface area contributed by atoms with Gasteiger partial charge in [-0.1, -0.05) is 74.5 Å². The first-order chi connectivity index (χ1) is 12.1. The Morgan fingerprint density at radius 1 is 0.920 bits per heavy atom. The number of aliphatic hydroxyl groups excluding tert-OH is 1. The molecule has 0 aromatic heterocycles. The summed E-state index contributed by atoms with van der Waals surface area (Å²) < 4.78 is 6.06. The zero-order valence-electron chi connectivity index (χ0n) is 15.6. The van der Waals surface area contributed by atoms with Crippen molar-refractivity contribution in [3.8, 4) is 0 Å². The first kappa shape index (κ1) is 19.6. The van der Waals surface area contributed by atoms with Gasteiger partial charge in [0.15, 0.2) is 0 Å². The molecule has 2 rings (SSSR count). The van der Waals surface area contributed by atoms with Gasteiger partial charge in [-0.25, -0.2) is 0 Å². The lowest BCUT2D eigenvalue weighted by atomic mass is 9.97. The monoisotopic (exact) mass is 341 g/mol. The van der Waals surface area contributed by atoms with Crippen LogP contribution in [0.2, 0.25) is 0 Å². The molecular weight excluding hydrogens is 310 g/mol. The highest BCUT2D eigenvalue weighted by Gasteiger charge is 2.24. The predicted octanol–water partition coefficient (Wildman–Crippen LogP) is 4.33. The van der Waals surface area contributed by atoms with E-state index in [9.17, 15) is 5.11 Å². The minimum Gasteiger partial charge on any atom is -0.394 e. The quantitative estimate of drug-likeness (QED) is 0.676. The summed E-state index contributed by atoms with van der Waals surface area (Å²) in [5.41, 5.74) is 2.37. The molecule has 0 heterocycles. The molecule has 0 aliphatic heterocycles. The number of ether oxygens (including phenoxy) is 1. The third-order valence-electron chi connectivity index (χ3n) is 4.42. The highest BCUT2D eigenvalue weighted by atomic mass is 16.5. The second-order valence-electron chi connectivity index (χ2n) is 7.05. The van der Waals surface area contributed by atoms with Crippen molar-refractivity contribution < 1.29 is 9.84 Å². The molecule has 136 valence electrons. The molecule has 2 aromatic rings. The Kier molecular flexibility index (Phi) is 8.13. The molecule has 25 heavy (non-hydrogen) atoms. The van der Waals surface area contributed by atoms with Crippen molar-refractivity contribution in [1.29, 1.82) is 0 Å². The molecule has 0 aliphatic rings. The fourth-order valence-corrected chi connectivity index (χ4v) is 3.07. The van der Waals surface area contributed by atoms with Crippen LogP contribution in [0, 0.1) is 5.92 Å². The van der Waals surface area contributed by atoms with E-state index in [1.54, 1.807) is 0 Å². The normalized spacial score (nSPS) is 15.1. The Hall–Kier alpha value is -1.68. The van der Waals surface area contributed by atoms with Crippen LogP contribution >= 0.6 is 0 Å². The average Bonchev–Trinajstić information content (AvgIpc) is 2.63. The molecule has 3 nitrogen and oxygen atoms in total. The van der Waals surface area contributed by atoms with Gasteiger partial charge >= 0.3 is 0 Å². The van der Waals surface area contributed by atoms with Crippen LogP contribution in [0.15, 0.2) is 60.7 Å². The van der Waals surface area contributed by atoms with Crippen LogP contribution in [0.1, 0.15) is 44.4 Å². The maximum atomic E-state index is 9.91. The van der Waals surface area contributed by atoms with Crippen LogP contribution in [0.4, 0.5) is 0 Å². The maximum Gasteiger partial charge on any atom is 0.0963 e. The zero-order chi connectivity index (χ0) is 18.1. The lowest BCUT2D eigenvalue weighted by molar-refractivity contribution is -0.0258. The Bertz CT molecular complexity index is 585. The molecule has 0 fully saturated rings. The Morgan fingerprint density at radius 3 is 2.08 bits per heavy atom. The van der Waals surface area contributed by atoms with Gasteiger partial charge in [-0.3, -0.25) is 0 Å². The molecule has 3 atom stereocenters. The van der Waals surface area contributed by atoms with Crippen LogP contribution in [-0.4, -0.2) is 23.9 Å². The van der Waals surface area contributed by atoms with Gasteiger partial charge in [0.25, 0.3) is 0 Å². The van der Waals surface area contributed by atoms with E-state index in [1.807, 2.05) is 36.4 Å². The van der Waals surface area contributed by atoms with Crippen LogP contribution in [0.3, 0.4) is 0 Å². The van der Waals surface area contributed by atoms with Crippen LogP contribution in [-0.2, 0) is 11.3 Å². The summed E-state index contributed by atoms with van der Waals surface area (Å²) in [6, 6.07) is 20.8. The fraction of sp³-hybridized carbons (Fsp3) is 0.455. The molecule has 0 bridgehead atoms. The third kappa shape index (κ3) is 6.62. The standard InChI is InChI=1S/C22H31NO2/c1-17(2)14-21(23-18(3)20-12-8-5-9-13-20)22(15-24)25-16-19-10-6-4-7-11-19/h4-13,17-18,21-24H,14-16H2,1-3H3/t18-,21+,22+/m1/s1. The van der Waals surface area contributed by atoms with Gasteiger partial charge in [0.2, 0.25) is 0 Å². The number of hydrogen-bond acceptors (Lipinski definition) is 3. The molecule has 0 amide bonds. The summed E-state index contributed by atoms with van der Waals surface area (Å²) in [4.78, 5) is 0. The number of rotatable bonds is 10. The summed E-state index contributed by atoms with van der Waals surface area (Å²) in [7, 11) is 0. The van der Waals surface area contributed by atoms with Gasteiger partial charge in [-0.05, 0) is 30.4 Å². The minimum absolute atomic E-state index is 0.0126. The molecule has 0 radical (unpaired) electrons. The lowest BCUT2D eigenvalue weighted by Gasteiger charge is -2.31. The third-order valence-corrected chi connectivity index (χ3v) is 4.42.